The summed E-state index contributed by atoms with van der Waals surface area (Å²) < 4.78 is 0. The molecule has 2 radical (unpaired) electrons. The fourth-order valence-corrected chi connectivity index (χ4v) is 1.03. The molecule has 0 spiro atoms. The second-order valence-electron chi connectivity index (χ2n) is 3.12. The van der Waals surface area contributed by atoms with Crippen LogP contribution in [-0.4, -0.2) is 0 Å². The van der Waals surface area contributed by atoms with Crippen molar-refractivity contribution in [3.63, 3.8) is 0 Å². The Bertz CT molecular complexity index is 140. The molecule has 0 N–H and O–H groups in total. The minimum atomic E-state index is 0.783. The van der Waals surface area contributed by atoms with Gasteiger partial charge in [-0.2, -0.15) is 0 Å². The van der Waals surface area contributed by atoms with Crippen LogP contribution >= 0.6 is 0 Å². The molecule has 0 aliphatic rings. The smallest absolute Gasteiger partial charge is 0.0111 e. The molecule has 0 nitrogen and oxygen atoms in total. The lowest BCUT2D eigenvalue weighted by molar-refractivity contribution is 0.881. The van der Waals surface area contributed by atoms with Crippen LogP contribution in [-0.2, 0) is 0 Å². The van der Waals surface area contributed by atoms with Crippen molar-refractivity contribution in [2.45, 2.75) is 46.5 Å². The zero-order valence-electron chi connectivity index (χ0n) is 7.91. The third-order valence-electron chi connectivity index (χ3n) is 1.66. The lowest BCUT2D eigenvalue weighted by Crippen LogP contribution is -1.77. The van der Waals surface area contributed by atoms with Gasteiger partial charge >= 0.3 is 0 Å². The van der Waals surface area contributed by atoms with Gasteiger partial charge in [-0.1, -0.05) is 30.6 Å². The SMILES string of the molecule is [C]=C(C)CC/C=C(\C)CCC. The molecular formula is C11H18. The molecule has 0 saturated carbocycles. The minimum absolute atomic E-state index is 0.783. The summed E-state index contributed by atoms with van der Waals surface area (Å²) in [7, 11) is 0. The number of hydrogen-bond donors (Lipinski definition) is 0. The monoisotopic (exact) mass is 150 g/mol. The van der Waals surface area contributed by atoms with Gasteiger partial charge in [0.05, 0.1) is 0 Å². The second kappa shape index (κ2) is 6.21. The molecule has 0 atom stereocenters. The molecule has 0 fully saturated rings. The molecular weight excluding hydrogens is 132 g/mol. The van der Waals surface area contributed by atoms with E-state index in [2.05, 4.69) is 19.9 Å². The van der Waals surface area contributed by atoms with Crippen molar-refractivity contribution in [1.82, 2.24) is 0 Å². The summed E-state index contributed by atoms with van der Waals surface area (Å²) >= 11 is 0. The molecule has 0 unspecified atom stereocenters. The van der Waals surface area contributed by atoms with E-state index < -0.39 is 0 Å². The van der Waals surface area contributed by atoms with Crippen LogP contribution in [0.25, 0.3) is 0 Å². The summed E-state index contributed by atoms with van der Waals surface area (Å²) in [4.78, 5) is 0. The molecule has 0 heteroatoms. The highest BCUT2D eigenvalue weighted by atomic mass is 13.9. The number of hydrogen-bond acceptors (Lipinski definition) is 0. The molecule has 62 valence electrons. The van der Waals surface area contributed by atoms with Crippen LogP contribution in [0.2, 0.25) is 0 Å². The van der Waals surface area contributed by atoms with Gasteiger partial charge in [-0.15, -0.1) is 0 Å². The Balaban J connectivity index is 3.47. The van der Waals surface area contributed by atoms with Crippen molar-refractivity contribution in [2.24, 2.45) is 0 Å². The Morgan fingerprint density at radius 3 is 2.36 bits per heavy atom. The molecule has 0 amide bonds. The maximum Gasteiger partial charge on any atom is -0.0111 e. The quantitative estimate of drug-likeness (QED) is 0.523. The van der Waals surface area contributed by atoms with Crippen molar-refractivity contribution >= 4 is 0 Å². The Morgan fingerprint density at radius 2 is 1.91 bits per heavy atom. The zero-order chi connectivity index (χ0) is 8.69. The molecule has 0 rings (SSSR count). The van der Waals surface area contributed by atoms with E-state index in [1.54, 1.807) is 0 Å². The van der Waals surface area contributed by atoms with Crippen LogP contribution in [0.3, 0.4) is 0 Å². The Morgan fingerprint density at radius 1 is 1.27 bits per heavy atom. The van der Waals surface area contributed by atoms with Crippen molar-refractivity contribution in [3.05, 3.63) is 23.8 Å². The Labute approximate surface area is 71.0 Å². The van der Waals surface area contributed by atoms with E-state index in [1.165, 1.54) is 18.4 Å². The predicted octanol–water partition coefficient (Wildman–Crippen LogP) is 3.77. The van der Waals surface area contributed by atoms with Crippen molar-refractivity contribution in [1.29, 1.82) is 0 Å². The molecule has 0 aliphatic carbocycles. The first-order valence-electron chi connectivity index (χ1n) is 4.36. The normalized spacial score (nSPS) is 11.7. The van der Waals surface area contributed by atoms with Crippen LogP contribution in [0.15, 0.2) is 17.2 Å². The Kier molecular flexibility index (Phi) is 5.91. The van der Waals surface area contributed by atoms with Gasteiger partial charge < -0.3 is 0 Å². The maximum absolute atomic E-state index is 7.21. The average molecular weight is 150 g/mol. The van der Waals surface area contributed by atoms with E-state index in [0.717, 1.165) is 18.4 Å². The van der Waals surface area contributed by atoms with Crippen LogP contribution in [0.1, 0.15) is 46.5 Å². The summed E-state index contributed by atoms with van der Waals surface area (Å²) in [6.45, 7) is 13.4. The number of allylic oxidation sites excluding steroid dienone is 3. The van der Waals surface area contributed by atoms with Gasteiger partial charge in [0.15, 0.2) is 0 Å². The van der Waals surface area contributed by atoms with Gasteiger partial charge in [0, 0.05) is 0 Å². The van der Waals surface area contributed by atoms with Gasteiger partial charge in [-0.3, -0.25) is 0 Å². The molecule has 11 heavy (non-hydrogen) atoms. The van der Waals surface area contributed by atoms with E-state index in [9.17, 15) is 0 Å². The number of rotatable bonds is 5. The standard InChI is InChI=1S/C11H18/c1-5-7-11(4)9-6-8-10(2)3/h9H,5-8H2,1-2,4H3/b11-9+. The van der Waals surface area contributed by atoms with Crippen LogP contribution in [0, 0.1) is 6.58 Å². The topological polar surface area (TPSA) is 0 Å². The minimum Gasteiger partial charge on any atom is -0.0853 e. The molecule has 0 aromatic carbocycles. The van der Waals surface area contributed by atoms with Crippen molar-refractivity contribution < 1.29 is 0 Å². The fraction of sp³-hybridized carbons (Fsp3) is 0.636. The lowest BCUT2D eigenvalue weighted by Gasteiger charge is -1.97. The van der Waals surface area contributed by atoms with E-state index in [1.807, 2.05) is 6.92 Å². The molecule has 0 saturated heterocycles. The highest BCUT2D eigenvalue weighted by molar-refractivity contribution is 4.99. The molecule has 0 aliphatic heterocycles. The first-order chi connectivity index (χ1) is 5.16. The average Bonchev–Trinajstić information content (AvgIpc) is 1.87. The summed E-state index contributed by atoms with van der Waals surface area (Å²) in [5, 5.41) is 0. The van der Waals surface area contributed by atoms with Gasteiger partial charge in [0.2, 0.25) is 0 Å². The highest BCUT2D eigenvalue weighted by Crippen LogP contribution is 2.07. The molecule has 0 heterocycles. The first-order valence-corrected chi connectivity index (χ1v) is 4.36. The lowest BCUT2D eigenvalue weighted by atomic mass is 10.1. The van der Waals surface area contributed by atoms with Crippen LogP contribution in [0.4, 0.5) is 0 Å². The predicted molar refractivity (Wildman–Crippen MR) is 50.3 cm³/mol. The van der Waals surface area contributed by atoms with E-state index in [0.29, 0.717) is 0 Å². The summed E-state index contributed by atoms with van der Waals surface area (Å²) in [5.74, 6) is 0. The molecule has 0 aromatic rings. The van der Waals surface area contributed by atoms with Gasteiger partial charge in [0.1, 0.15) is 0 Å². The van der Waals surface area contributed by atoms with E-state index in [4.69, 9.17) is 6.58 Å². The summed E-state index contributed by atoms with van der Waals surface area (Å²) in [6.07, 6.45) is 6.65. The molecule has 0 aromatic heterocycles. The summed E-state index contributed by atoms with van der Waals surface area (Å²) in [6, 6.07) is 0. The van der Waals surface area contributed by atoms with Gasteiger partial charge in [-0.05, 0) is 39.7 Å². The maximum atomic E-state index is 7.21. The third-order valence-corrected chi connectivity index (χ3v) is 1.66. The summed E-state index contributed by atoms with van der Waals surface area (Å²) in [5.41, 5.74) is 2.25. The van der Waals surface area contributed by atoms with Crippen molar-refractivity contribution in [2.75, 3.05) is 0 Å². The highest BCUT2D eigenvalue weighted by Gasteiger charge is 1.87. The fourth-order valence-electron chi connectivity index (χ4n) is 1.03. The van der Waals surface area contributed by atoms with Gasteiger partial charge in [-0.25, -0.2) is 0 Å². The van der Waals surface area contributed by atoms with Crippen LogP contribution < -0.4 is 0 Å². The third kappa shape index (κ3) is 7.38. The zero-order valence-corrected chi connectivity index (χ0v) is 7.91. The first kappa shape index (κ1) is 10.5. The van der Waals surface area contributed by atoms with E-state index >= 15 is 0 Å². The van der Waals surface area contributed by atoms with Crippen molar-refractivity contribution in [3.8, 4) is 0 Å². The second-order valence-corrected chi connectivity index (χ2v) is 3.12. The Hall–Kier alpha value is -0.520. The van der Waals surface area contributed by atoms with Crippen LogP contribution in [0.5, 0.6) is 0 Å². The molecule has 0 bridgehead atoms. The van der Waals surface area contributed by atoms with Gasteiger partial charge in [0.25, 0.3) is 0 Å². The van der Waals surface area contributed by atoms with E-state index in [-0.39, 0.29) is 0 Å². The largest absolute Gasteiger partial charge is 0.0853 e.